The van der Waals surface area contributed by atoms with Crippen LogP contribution in [0.4, 0.5) is 5.82 Å². The topological polar surface area (TPSA) is 49.8 Å². The Morgan fingerprint density at radius 1 is 1.64 bits per heavy atom. The summed E-state index contributed by atoms with van der Waals surface area (Å²) in [7, 11) is 0. The fourth-order valence-corrected chi connectivity index (χ4v) is 1.66. The molecule has 2 heterocycles. The molecule has 2 rings (SSSR count). The third-order valence-electron chi connectivity index (χ3n) is 2.53. The van der Waals surface area contributed by atoms with Crippen molar-refractivity contribution >= 4 is 5.82 Å². The number of rotatable bonds is 3. The second kappa shape index (κ2) is 4.37. The molecule has 76 valence electrons. The number of nitrogens with one attached hydrogen (secondary N) is 2. The average molecular weight is 192 g/mol. The maximum atomic E-state index is 4.06. The molecule has 0 bridgehead atoms. The van der Waals surface area contributed by atoms with Gasteiger partial charge in [-0.3, -0.25) is 0 Å². The minimum absolute atomic E-state index is 0.511. The normalized spacial score (nSPS) is 21.1. The predicted octanol–water partition coefficient (Wildman–Crippen LogP) is 0.813. The zero-order valence-corrected chi connectivity index (χ0v) is 8.45. The van der Waals surface area contributed by atoms with Crippen molar-refractivity contribution in [3.8, 4) is 0 Å². The lowest BCUT2D eigenvalue weighted by Gasteiger charge is -2.11. The van der Waals surface area contributed by atoms with Crippen LogP contribution in [0.3, 0.4) is 0 Å². The molecule has 1 saturated heterocycles. The molecule has 0 aliphatic carbocycles. The highest BCUT2D eigenvalue weighted by Gasteiger charge is 2.14. The van der Waals surface area contributed by atoms with Crippen LogP contribution in [0.5, 0.6) is 0 Å². The first kappa shape index (κ1) is 9.40. The van der Waals surface area contributed by atoms with Crippen LogP contribution in [-0.4, -0.2) is 29.3 Å². The van der Waals surface area contributed by atoms with E-state index in [9.17, 15) is 0 Å². The molecule has 1 atom stereocenters. The van der Waals surface area contributed by atoms with E-state index in [1.807, 2.05) is 6.20 Å². The number of aryl methyl sites for hydroxylation is 1. The largest absolute Gasteiger partial charge is 0.365 e. The molecule has 0 amide bonds. The molecule has 1 aliphatic heterocycles. The van der Waals surface area contributed by atoms with Crippen molar-refractivity contribution in [3.05, 3.63) is 17.8 Å². The molecule has 4 nitrogen and oxygen atoms in total. The van der Waals surface area contributed by atoms with E-state index in [4.69, 9.17) is 0 Å². The van der Waals surface area contributed by atoms with Crippen LogP contribution >= 0.6 is 0 Å². The predicted molar refractivity (Wildman–Crippen MR) is 56.3 cm³/mol. The number of aromatic nitrogens is 2. The van der Waals surface area contributed by atoms with Crippen molar-refractivity contribution < 1.29 is 0 Å². The monoisotopic (exact) mass is 192 g/mol. The minimum atomic E-state index is 0.511. The molecule has 2 N–H and O–H groups in total. The number of anilines is 1. The molecule has 1 aliphatic rings. The van der Waals surface area contributed by atoms with Crippen LogP contribution in [-0.2, 0) is 6.42 Å². The number of nitrogens with zero attached hydrogens (tertiary/aromatic N) is 2. The van der Waals surface area contributed by atoms with Gasteiger partial charge in [0.05, 0.1) is 6.20 Å². The van der Waals surface area contributed by atoms with Gasteiger partial charge in [-0.05, 0) is 31.0 Å². The highest BCUT2D eigenvalue weighted by Crippen LogP contribution is 2.09. The van der Waals surface area contributed by atoms with E-state index < -0.39 is 0 Å². The summed E-state index contributed by atoms with van der Waals surface area (Å²) in [6, 6.07) is 2.59. The molecule has 0 spiro atoms. The smallest absolute Gasteiger partial charge is 0.149 e. The van der Waals surface area contributed by atoms with Crippen molar-refractivity contribution in [2.75, 3.05) is 18.4 Å². The molecule has 0 radical (unpaired) electrons. The Labute approximate surface area is 84.1 Å². The Kier molecular flexibility index (Phi) is 2.93. The molecule has 4 heteroatoms. The van der Waals surface area contributed by atoms with Crippen LogP contribution in [0.1, 0.15) is 18.9 Å². The first-order chi connectivity index (χ1) is 6.88. The summed E-state index contributed by atoms with van der Waals surface area (Å²) < 4.78 is 0. The van der Waals surface area contributed by atoms with Crippen LogP contribution in [0.25, 0.3) is 0 Å². The Hall–Kier alpha value is -1.16. The lowest BCUT2D eigenvalue weighted by Crippen LogP contribution is -2.22. The maximum Gasteiger partial charge on any atom is 0.149 e. The van der Waals surface area contributed by atoms with Gasteiger partial charge in [-0.25, -0.2) is 0 Å². The van der Waals surface area contributed by atoms with Gasteiger partial charge in [0.25, 0.3) is 0 Å². The van der Waals surface area contributed by atoms with Crippen LogP contribution < -0.4 is 10.6 Å². The summed E-state index contributed by atoms with van der Waals surface area (Å²) in [5.41, 5.74) is 1.23. The van der Waals surface area contributed by atoms with Gasteiger partial charge in [0.2, 0.25) is 0 Å². The van der Waals surface area contributed by atoms with Gasteiger partial charge >= 0.3 is 0 Å². The fourth-order valence-electron chi connectivity index (χ4n) is 1.66. The summed E-state index contributed by atoms with van der Waals surface area (Å²) in [5, 5.41) is 14.7. The molecule has 14 heavy (non-hydrogen) atoms. The SMILES string of the molecule is CCc1cnnc(NC2CCNC2)c1. The minimum Gasteiger partial charge on any atom is -0.365 e. The lowest BCUT2D eigenvalue weighted by molar-refractivity contribution is 0.781. The quantitative estimate of drug-likeness (QED) is 0.744. The molecular weight excluding hydrogens is 176 g/mol. The number of hydrogen-bond donors (Lipinski definition) is 2. The van der Waals surface area contributed by atoms with Gasteiger partial charge in [-0.15, -0.1) is 5.10 Å². The summed E-state index contributed by atoms with van der Waals surface area (Å²) in [6.07, 6.45) is 3.99. The van der Waals surface area contributed by atoms with Crippen molar-refractivity contribution in [1.29, 1.82) is 0 Å². The second-order valence-electron chi connectivity index (χ2n) is 3.64. The van der Waals surface area contributed by atoms with Crippen LogP contribution in [0, 0.1) is 0 Å². The lowest BCUT2D eigenvalue weighted by atomic mass is 10.2. The van der Waals surface area contributed by atoms with Crippen molar-refractivity contribution in [2.45, 2.75) is 25.8 Å². The highest BCUT2D eigenvalue weighted by molar-refractivity contribution is 5.37. The maximum absolute atomic E-state index is 4.06. The average Bonchev–Trinajstić information content (AvgIpc) is 2.71. The Morgan fingerprint density at radius 2 is 2.57 bits per heavy atom. The third-order valence-corrected chi connectivity index (χ3v) is 2.53. The van der Waals surface area contributed by atoms with Gasteiger partial charge in [-0.1, -0.05) is 6.92 Å². The third kappa shape index (κ3) is 2.20. The van der Waals surface area contributed by atoms with Crippen molar-refractivity contribution in [3.63, 3.8) is 0 Å². The molecule has 1 unspecified atom stereocenters. The van der Waals surface area contributed by atoms with Crippen LogP contribution in [0.2, 0.25) is 0 Å². The summed E-state index contributed by atoms with van der Waals surface area (Å²) in [5.74, 6) is 0.901. The molecule has 0 aromatic carbocycles. The highest BCUT2D eigenvalue weighted by atomic mass is 15.2. The second-order valence-corrected chi connectivity index (χ2v) is 3.64. The van der Waals surface area contributed by atoms with E-state index in [-0.39, 0.29) is 0 Å². The number of hydrogen-bond acceptors (Lipinski definition) is 4. The van der Waals surface area contributed by atoms with Gasteiger partial charge in [0, 0.05) is 12.6 Å². The van der Waals surface area contributed by atoms with Crippen molar-refractivity contribution in [1.82, 2.24) is 15.5 Å². The molecule has 0 saturated carbocycles. The van der Waals surface area contributed by atoms with Gasteiger partial charge in [0.15, 0.2) is 0 Å². The van der Waals surface area contributed by atoms with E-state index in [2.05, 4.69) is 33.8 Å². The zero-order chi connectivity index (χ0) is 9.80. The van der Waals surface area contributed by atoms with Gasteiger partial charge in [-0.2, -0.15) is 5.10 Å². The van der Waals surface area contributed by atoms with E-state index >= 15 is 0 Å². The Morgan fingerprint density at radius 3 is 3.29 bits per heavy atom. The summed E-state index contributed by atoms with van der Waals surface area (Å²) in [4.78, 5) is 0. The first-order valence-electron chi connectivity index (χ1n) is 5.17. The zero-order valence-electron chi connectivity index (χ0n) is 8.45. The van der Waals surface area contributed by atoms with Gasteiger partial charge < -0.3 is 10.6 Å². The molecule has 1 aromatic heterocycles. The van der Waals surface area contributed by atoms with E-state index in [0.717, 1.165) is 31.7 Å². The Bertz CT molecular complexity index is 294. The summed E-state index contributed by atoms with van der Waals surface area (Å²) >= 11 is 0. The fraction of sp³-hybridized carbons (Fsp3) is 0.600. The first-order valence-corrected chi connectivity index (χ1v) is 5.17. The molecule has 1 aromatic rings. The van der Waals surface area contributed by atoms with Crippen LogP contribution in [0.15, 0.2) is 12.3 Å². The standard InChI is InChI=1S/C10H16N4/c1-2-8-5-10(14-12-6-8)13-9-3-4-11-7-9/h5-6,9,11H,2-4,7H2,1H3,(H,13,14). The van der Waals surface area contributed by atoms with E-state index in [1.54, 1.807) is 0 Å². The van der Waals surface area contributed by atoms with Crippen molar-refractivity contribution in [2.24, 2.45) is 0 Å². The van der Waals surface area contributed by atoms with E-state index in [0.29, 0.717) is 6.04 Å². The molecular formula is C10H16N4. The van der Waals surface area contributed by atoms with Gasteiger partial charge in [0.1, 0.15) is 5.82 Å². The molecule has 1 fully saturated rings. The van der Waals surface area contributed by atoms with E-state index in [1.165, 1.54) is 5.56 Å². The Balaban J connectivity index is 2.00. The summed E-state index contributed by atoms with van der Waals surface area (Å²) in [6.45, 7) is 4.24.